The van der Waals surface area contributed by atoms with Crippen molar-refractivity contribution in [1.29, 1.82) is 0 Å². The predicted molar refractivity (Wildman–Crippen MR) is 79.4 cm³/mol. The summed E-state index contributed by atoms with van der Waals surface area (Å²) in [5.41, 5.74) is -0.132. The molecule has 1 aromatic carbocycles. The lowest BCUT2D eigenvalue weighted by molar-refractivity contribution is -0.148. The van der Waals surface area contributed by atoms with Crippen LogP contribution in [0, 0.1) is 0 Å². The molecule has 0 unspecified atom stereocenters. The predicted octanol–water partition coefficient (Wildman–Crippen LogP) is 0.318. The molecule has 2 heterocycles. The van der Waals surface area contributed by atoms with Gasteiger partial charge in [0.25, 0.3) is 0 Å². The molecular formula is C15H17N5O3. The number of benzene rings is 1. The summed E-state index contributed by atoms with van der Waals surface area (Å²) in [5, 5.41) is 20.4. The van der Waals surface area contributed by atoms with Gasteiger partial charge in [-0.15, -0.1) is 5.10 Å². The highest BCUT2D eigenvalue weighted by Gasteiger charge is 2.43. The van der Waals surface area contributed by atoms with E-state index in [2.05, 4.69) is 15.5 Å². The van der Waals surface area contributed by atoms with Crippen molar-refractivity contribution in [1.82, 2.24) is 25.1 Å². The van der Waals surface area contributed by atoms with E-state index in [9.17, 15) is 14.7 Å². The van der Waals surface area contributed by atoms with E-state index in [0.717, 1.165) is 5.56 Å². The fourth-order valence-corrected chi connectivity index (χ4v) is 3.01. The van der Waals surface area contributed by atoms with Crippen molar-refractivity contribution in [2.45, 2.75) is 24.8 Å². The molecule has 0 spiro atoms. The second-order valence-electron chi connectivity index (χ2n) is 5.64. The summed E-state index contributed by atoms with van der Waals surface area (Å²) in [5.74, 6) is -0.944. The summed E-state index contributed by atoms with van der Waals surface area (Å²) in [6, 6.07) is 9.23. The average Bonchev–Trinajstić information content (AvgIpc) is 3.08. The van der Waals surface area contributed by atoms with Gasteiger partial charge in [0.05, 0.1) is 5.41 Å². The standard InChI is InChI=1S/C15H17N5O3/c21-13(10-20-11-16-17-18-20)19-8-6-15(7-9-19,14(22)23)12-4-2-1-3-5-12/h1-5,11H,6-10H2,(H,22,23). The van der Waals surface area contributed by atoms with Crippen LogP contribution in [0.2, 0.25) is 0 Å². The van der Waals surface area contributed by atoms with Gasteiger partial charge in [-0.3, -0.25) is 9.59 Å². The Balaban J connectivity index is 1.70. The molecule has 1 aromatic heterocycles. The Labute approximate surface area is 132 Å². The minimum Gasteiger partial charge on any atom is -0.481 e. The lowest BCUT2D eigenvalue weighted by Crippen LogP contribution is -2.49. The van der Waals surface area contributed by atoms with Gasteiger partial charge in [-0.05, 0) is 28.8 Å². The van der Waals surface area contributed by atoms with E-state index in [-0.39, 0.29) is 12.5 Å². The molecule has 23 heavy (non-hydrogen) atoms. The lowest BCUT2D eigenvalue weighted by Gasteiger charge is -2.39. The third-order valence-corrected chi connectivity index (χ3v) is 4.39. The van der Waals surface area contributed by atoms with Crippen LogP contribution in [-0.4, -0.2) is 55.2 Å². The topological polar surface area (TPSA) is 101 Å². The minimum absolute atomic E-state index is 0.0679. The van der Waals surface area contributed by atoms with E-state index >= 15 is 0 Å². The summed E-state index contributed by atoms with van der Waals surface area (Å²) in [7, 11) is 0. The monoisotopic (exact) mass is 315 g/mol. The summed E-state index contributed by atoms with van der Waals surface area (Å²) in [6.07, 6.45) is 2.18. The molecule has 1 fully saturated rings. The Kier molecular flexibility index (Phi) is 4.05. The van der Waals surface area contributed by atoms with Crippen molar-refractivity contribution < 1.29 is 14.7 Å². The number of hydrogen-bond acceptors (Lipinski definition) is 5. The van der Waals surface area contributed by atoms with Crippen LogP contribution < -0.4 is 0 Å². The normalized spacial score (nSPS) is 17.0. The van der Waals surface area contributed by atoms with E-state index in [1.807, 2.05) is 30.3 Å². The van der Waals surface area contributed by atoms with Gasteiger partial charge in [-0.25, -0.2) is 4.68 Å². The second kappa shape index (κ2) is 6.15. The van der Waals surface area contributed by atoms with Gasteiger partial charge in [0.15, 0.2) is 0 Å². The molecule has 8 heteroatoms. The quantitative estimate of drug-likeness (QED) is 0.872. The fourth-order valence-electron chi connectivity index (χ4n) is 3.01. The zero-order valence-corrected chi connectivity index (χ0v) is 12.5. The van der Waals surface area contributed by atoms with Crippen molar-refractivity contribution in [2.75, 3.05) is 13.1 Å². The zero-order valence-electron chi connectivity index (χ0n) is 12.5. The SMILES string of the molecule is O=C(Cn1cnnn1)N1CCC(C(=O)O)(c2ccccc2)CC1. The van der Waals surface area contributed by atoms with Crippen LogP contribution in [0.4, 0.5) is 0 Å². The molecule has 1 N–H and O–H groups in total. The number of likely N-dealkylation sites (tertiary alicyclic amines) is 1. The maximum Gasteiger partial charge on any atom is 0.314 e. The Hall–Kier alpha value is -2.77. The molecule has 0 bridgehead atoms. The van der Waals surface area contributed by atoms with Gasteiger partial charge in [-0.2, -0.15) is 0 Å². The van der Waals surface area contributed by atoms with Crippen LogP contribution in [0.25, 0.3) is 0 Å². The van der Waals surface area contributed by atoms with Crippen LogP contribution in [0.1, 0.15) is 18.4 Å². The molecule has 8 nitrogen and oxygen atoms in total. The van der Waals surface area contributed by atoms with Gasteiger partial charge < -0.3 is 10.0 Å². The highest BCUT2D eigenvalue weighted by molar-refractivity contribution is 5.82. The summed E-state index contributed by atoms with van der Waals surface area (Å²) in [6.45, 7) is 0.878. The molecule has 1 aliphatic heterocycles. The highest BCUT2D eigenvalue weighted by atomic mass is 16.4. The number of nitrogens with zero attached hydrogens (tertiary/aromatic N) is 5. The van der Waals surface area contributed by atoms with Crippen LogP contribution >= 0.6 is 0 Å². The Bertz CT molecular complexity index is 678. The number of carboxylic acids is 1. The van der Waals surface area contributed by atoms with Crippen molar-refractivity contribution in [3.8, 4) is 0 Å². The molecule has 1 saturated heterocycles. The van der Waals surface area contributed by atoms with E-state index in [0.29, 0.717) is 25.9 Å². The number of amides is 1. The molecular weight excluding hydrogens is 298 g/mol. The van der Waals surface area contributed by atoms with Crippen LogP contribution in [0.5, 0.6) is 0 Å². The molecule has 0 aliphatic carbocycles. The van der Waals surface area contributed by atoms with Crippen molar-refractivity contribution >= 4 is 11.9 Å². The van der Waals surface area contributed by atoms with Gasteiger partial charge >= 0.3 is 5.97 Å². The Morgan fingerprint density at radius 3 is 2.43 bits per heavy atom. The number of tetrazole rings is 1. The van der Waals surface area contributed by atoms with Crippen molar-refractivity contribution in [3.63, 3.8) is 0 Å². The van der Waals surface area contributed by atoms with E-state index in [1.165, 1.54) is 11.0 Å². The van der Waals surface area contributed by atoms with E-state index < -0.39 is 11.4 Å². The third-order valence-electron chi connectivity index (χ3n) is 4.39. The summed E-state index contributed by atoms with van der Waals surface area (Å²) >= 11 is 0. The van der Waals surface area contributed by atoms with Crippen molar-refractivity contribution in [2.24, 2.45) is 0 Å². The number of carboxylic acid groups (broad SMARTS) is 1. The number of aromatic nitrogens is 4. The largest absolute Gasteiger partial charge is 0.481 e. The first-order chi connectivity index (χ1) is 11.1. The fraction of sp³-hybridized carbons (Fsp3) is 0.400. The molecule has 1 aliphatic rings. The smallest absolute Gasteiger partial charge is 0.314 e. The van der Waals surface area contributed by atoms with Crippen LogP contribution in [0.15, 0.2) is 36.7 Å². The molecule has 0 radical (unpaired) electrons. The Morgan fingerprint density at radius 2 is 1.87 bits per heavy atom. The maximum atomic E-state index is 12.2. The van der Waals surface area contributed by atoms with E-state index in [1.54, 1.807) is 4.90 Å². The molecule has 120 valence electrons. The van der Waals surface area contributed by atoms with Crippen LogP contribution in [-0.2, 0) is 21.5 Å². The maximum absolute atomic E-state index is 12.2. The van der Waals surface area contributed by atoms with Gasteiger partial charge in [0.1, 0.15) is 12.9 Å². The first-order valence-electron chi connectivity index (χ1n) is 7.39. The number of hydrogen-bond donors (Lipinski definition) is 1. The number of rotatable bonds is 4. The second-order valence-corrected chi connectivity index (χ2v) is 5.64. The third kappa shape index (κ3) is 2.92. The van der Waals surface area contributed by atoms with Crippen molar-refractivity contribution in [3.05, 3.63) is 42.2 Å². The number of piperidine rings is 1. The van der Waals surface area contributed by atoms with E-state index in [4.69, 9.17) is 0 Å². The molecule has 0 saturated carbocycles. The highest BCUT2D eigenvalue weighted by Crippen LogP contribution is 2.35. The summed E-state index contributed by atoms with van der Waals surface area (Å²) < 4.78 is 1.36. The molecule has 2 aromatic rings. The number of carbonyl (C=O) groups is 2. The lowest BCUT2D eigenvalue weighted by atomic mass is 9.73. The van der Waals surface area contributed by atoms with Gasteiger partial charge in [0, 0.05) is 13.1 Å². The number of aliphatic carboxylic acids is 1. The summed E-state index contributed by atoms with van der Waals surface area (Å²) in [4.78, 5) is 25.8. The molecule has 0 atom stereocenters. The minimum atomic E-state index is -0.924. The first kappa shape index (κ1) is 15.1. The molecule has 3 rings (SSSR count). The first-order valence-corrected chi connectivity index (χ1v) is 7.39. The average molecular weight is 315 g/mol. The zero-order chi connectivity index (χ0) is 16.3. The number of carbonyl (C=O) groups excluding carboxylic acids is 1. The van der Waals surface area contributed by atoms with Crippen LogP contribution in [0.3, 0.4) is 0 Å². The van der Waals surface area contributed by atoms with Gasteiger partial charge in [0.2, 0.25) is 5.91 Å². The van der Waals surface area contributed by atoms with Gasteiger partial charge in [-0.1, -0.05) is 30.3 Å². The Morgan fingerprint density at radius 1 is 1.17 bits per heavy atom. The molecule has 1 amide bonds.